The van der Waals surface area contributed by atoms with Gasteiger partial charge in [-0.25, -0.2) is 9.69 Å². The molecule has 1 heterocycles. The van der Waals surface area contributed by atoms with Gasteiger partial charge in [0.05, 0.1) is 9.40 Å². The Hall–Kier alpha value is -2.95. The van der Waals surface area contributed by atoms with E-state index < -0.39 is 29.4 Å². The molecular formula is C12H8BrN3O7. The van der Waals surface area contributed by atoms with Crippen LogP contribution < -0.4 is 5.32 Å². The number of aromatic hydroxyl groups is 1. The molecule has 11 heteroatoms. The maximum absolute atomic E-state index is 12.0. The fraction of sp³-hybridized carbons (Fsp3) is 0.0833. The van der Waals surface area contributed by atoms with Crippen LogP contribution in [-0.2, 0) is 9.59 Å². The first-order chi connectivity index (χ1) is 10.7. The highest BCUT2D eigenvalue weighted by atomic mass is 79.9. The predicted molar refractivity (Wildman–Crippen MR) is 78.3 cm³/mol. The summed E-state index contributed by atoms with van der Waals surface area (Å²) in [5.41, 5.74) is -0.744. The Morgan fingerprint density at radius 1 is 1.43 bits per heavy atom. The number of phenolic OH excluding ortho intramolecular Hbond substituents is 1. The van der Waals surface area contributed by atoms with Crippen molar-refractivity contribution in [3.8, 4) is 5.75 Å². The summed E-state index contributed by atoms with van der Waals surface area (Å²) in [6.07, 6.45) is 1.02. The molecule has 1 aromatic rings. The molecule has 1 fully saturated rings. The molecule has 2 rings (SSSR count). The van der Waals surface area contributed by atoms with Crippen LogP contribution in [0.4, 0.5) is 10.5 Å². The van der Waals surface area contributed by atoms with E-state index in [2.05, 4.69) is 21.2 Å². The molecule has 0 radical (unpaired) electrons. The molecule has 3 amide bonds. The highest BCUT2D eigenvalue weighted by molar-refractivity contribution is 9.10. The van der Waals surface area contributed by atoms with Gasteiger partial charge in [-0.15, -0.1) is 0 Å². The van der Waals surface area contributed by atoms with Crippen LogP contribution in [0.25, 0.3) is 6.08 Å². The number of carbonyl (C=O) groups excluding carboxylic acids is 2. The standard InChI is InChI=1S/C12H8BrN3O7/c13-7-3-6(16(22)23)1-5(10(7)19)2-8-11(20)15(4-9(17)18)12(21)14-8/h1-3,19H,4H2,(H,14,21)(H,17,18)/b8-2+. The number of amides is 3. The molecule has 1 aromatic carbocycles. The lowest BCUT2D eigenvalue weighted by molar-refractivity contribution is -0.385. The molecule has 0 saturated carbocycles. The highest BCUT2D eigenvalue weighted by Gasteiger charge is 2.35. The van der Waals surface area contributed by atoms with E-state index in [1.165, 1.54) is 0 Å². The van der Waals surface area contributed by atoms with Crippen LogP contribution >= 0.6 is 15.9 Å². The Balaban J connectivity index is 2.43. The molecule has 1 saturated heterocycles. The van der Waals surface area contributed by atoms with Crippen molar-refractivity contribution in [3.05, 3.63) is 38.0 Å². The molecule has 0 unspecified atom stereocenters. The summed E-state index contributed by atoms with van der Waals surface area (Å²) in [6.45, 7) is -0.827. The number of rotatable bonds is 4. The number of nitro benzene ring substituents is 1. The molecule has 0 aliphatic carbocycles. The number of nitro groups is 1. The number of carboxylic acids is 1. The van der Waals surface area contributed by atoms with Crippen molar-refractivity contribution >= 4 is 45.6 Å². The Morgan fingerprint density at radius 2 is 2.09 bits per heavy atom. The molecule has 0 spiro atoms. The average Bonchev–Trinajstić information content (AvgIpc) is 2.70. The predicted octanol–water partition coefficient (Wildman–Crippen LogP) is 1.04. The van der Waals surface area contributed by atoms with Gasteiger partial charge in [0.2, 0.25) is 0 Å². The van der Waals surface area contributed by atoms with E-state index in [0.29, 0.717) is 4.90 Å². The Bertz CT molecular complexity index is 774. The number of aliphatic carboxylic acids is 1. The summed E-state index contributed by atoms with van der Waals surface area (Å²) in [4.78, 5) is 44.7. The number of carboxylic acid groups (broad SMARTS) is 1. The normalized spacial score (nSPS) is 15.9. The van der Waals surface area contributed by atoms with E-state index in [1.54, 1.807) is 0 Å². The van der Waals surface area contributed by atoms with Crippen molar-refractivity contribution in [3.63, 3.8) is 0 Å². The van der Waals surface area contributed by atoms with E-state index in [4.69, 9.17) is 5.11 Å². The number of halogens is 1. The topological polar surface area (TPSA) is 150 Å². The lowest BCUT2D eigenvalue weighted by Crippen LogP contribution is -2.35. The fourth-order valence-corrected chi connectivity index (χ4v) is 2.29. The van der Waals surface area contributed by atoms with E-state index >= 15 is 0 Å². The molecule has 1 aliphatic heterocycles. The molecule has 120 valence electrons. The van der Waals surface area contributed by atoms with E-state index in [0.717, 1.165) is 18.2 Å². The summed E-state index contributed by atoms with van der Waals surface area (Å²) in [5.74, 6) is -2.67. The van der Waals surface area contributed by atoms with Crippen molar-refractivity contribution in [2.75, 3.05) is 6.54 Å². The second-order valence-electron chi connectivity index (χ2n) is 4.40. The Kier molecular flexibility index (Phi) is 4.31. The second-order valence-corrected chi connectivity index (χ2v) is 5.25. The third-order valence-corrected chi connectivity index (χ3v) is 3.45. The third kappa shape index (κ3) is 3.29. The van der Waals surface area contributed by atoms with Gasteiger partial charge in [-0.05, 0) is 22.0 Å². The number of urea groups is 1. The summed E-state index contributed by atoms with van der Waals surface area (Å²) in [6, 6.07) is 1.14. The van der Waals surface area contributed by atoms with E-state index in [9.17, 15) is 29.6 Å². The van der Waals surface area contributed by atoms with Gasteiger partial charge in [-0.1, -0.05) is 0 Å². The van der Waals surface area contributed by atoms with Crippen molar-refractivity contribution < 1.29 is 29.5 Å². The maximum Gasteiger partial charge on any atom is 0.329 e. The lowest BCUT2D eigenvalue weighted by atomic mass is 10.1. The minimum atomic E-state index is -1.38. The fourth-order valence-electron chi connectivity index (χ4n) is 1.83. The largest absolute Gasteiger partial charge is 0.506 e. The number of imide groups is 1. The van der Waals surface area contributed by atoms with Crippen molar-refractivity contribution in [2.24, 2.45) is 0 Å². The van der Waals surface area contributed by atoms with Crippen LogP contribution in [0.2, 0.25) is 0 Å². The summed E-state index contributed by atoms with van der Waals surface area (Å²) >= 11 is 2.94. The molecule has 0 aromatic heterocycles. The zero-order valence-electron chi connectivity index (χ0n) is 11.1. The second kappa shape index (κ2) is 6.04. The van der Waals surface area contributed by atoms with E-state index in [1.807, 2.05) is 0 Å². The minimum Gasteiger partial charge on any atom is -0.506 e. The summed E-state index contributed by atoms with van der Waals surface area (Å²) in [5, 5.41) is 31.5. The van der Waals surface area contributed by atoms with Crippen molar-refractivity contribution in [1.82, 2.24) is 10.2 Å². The molecule has 23 heavy (non-hydrogen) atoms. The Labute approximate surface area is 136 Å². The van der Waals surface area contributed by atoms with Crippen LogP contribution in [-0.4, -0.2) is 44.5 Å². The zero-order valence-corrected chi connectivity index (χ0v) is 12.7. The monoisotopic (exact) mass is 385 g/mol. The minimum absolute atomic E-state index is 0.0257. The van der Waals surface area contributed by atoms with Crippen LogP contribution in [0.1, 0.15) is 5.56 Å². The van der Waals surface area contributed by atoms with Crippen LogP contribution in [0.15, 0.2) is 22.3 Å². The number of nitrogens with one attached hydrogen (secondary N) is 1. The van der Waals surface area contributed by atoms with E-state index in [-0.39, 0.29) is 27.2 Å². The average molecular weight is 386 g/mol. The zero-order chi connectivity index (χ0) is 17.3. The molecule has 3 N–H and O–H groups in total. The number of hydrogen-bond donors (Lipinski definition) is 3. The van der Waals surface area contributed by atoms with Crippen LogP contribution in [0.3, 0.4) is 0 Å². The molecule has 0 atom stereocenters. The number of nitrogens with zero attached hydrogens (tertiary/aromatic N) is 2. The quantitative estimate of drug-likeness (QED) is 0.303. The molecule has 10 nitrogen and oxygen atoms in total. The van der Waals surface area contributed by atoms with Crippen molar-refractivity contribution in [2.45, 2.75) is 0 Å². The number of hydrogen-bond acceptors (Lipinski definition) is 6. The highest BCUT2D eigenvalue weighted by Crippen LogP contribution is 2.34. The lowest BCUT2D eigenvalue weighted by Gasteiger charge is -2.07. The maximum atomic E-state index is 12.0. The van der Waals surface area contributed by atoms with Gasteiger partial charge >= 0.3 is 12.0 Å². The Morgan fingerprint density at radius 3 is 2.65 bits per heavy atom. The van der Waals surface area contributed by atoms with Gasteiger partial charge in [0, 0.05) is 17.7 Å². The van der Waals surface area contributed by atoms with Gasteiger partial charge in [-0.2, -0.15) is 0 Å². The number of phenols is 1. The smallest absolute Gasteiger partial charge is 0.329 e. The first kappa shape index (κ1) is 16.4. The van der Waals surface area contributed by atoms with Gasteiger partial charge in [-0.3, -0.25) is 19.7 Å². The number of non-ortho nitro benzene ring substituents is 1. The number of carbonyl (C=O) groups is 3. The molecular weight excluding hydrogens is 378 g/mol. The van der Waals surface area contributed by atoms with Crippen LogP contribution in [0, 0.1) is 10.1 Å². The van der Waals surface area contributed by atoms with Crippen LogP contribution in [0.5, 0.6) is 5.75 Å². The summed E-state index contributed by atoms with van der Waals surface area (Å²) < 4.78 is 0.0257. The number of benzene rings is 1. The third-order valence-electron chi connectivity index (χ3n) is 2.84. The first-order valence-corrected chi connectivity index (χ1v) is 6.73. The SMILES string of the molecule is O=C(O)CN1C(=O)N/C(=C/c2cc([N+](=O)[O-])cc(Br)c2O)C1=O. The van der Waals surface area contributed by atoms with Gasteiger partial charge in [0.15, 0.2) is 0 Å². The van der Waals surface area contributed by atoms with Gasteiger partial charge in [0.25, 0.3) is 11.6 Å². The van der Waals surface area contributed by atoms with Gasteiger partial charge < -0.3 is 15.5 Å². The van der Waals surface area contributed by atoms with Crippen molar-refractivity contribution in [1.29, 1.82) is 0 Å². The van der Waals surface area contributed by atoms with Gasteiger partial charge in [0.1, 0.15) is 18.0 Å². The molecule has 1 aliphatic rings. The first-order valence-electron chi connectivity index (χ1n) is 5.94. The summed E-state index contributed by atoms with van der Waals surface area (Å²) in [7, 11) is 0. The molecule has 0 bridgehead atoms.